The van der Waals surface area contributed by atoms with Crippen LogP contribution in [-0.2, 0) is 27.6 Å². The molecular weight excluding hydrogens is 390 g/mol. The smallest absolute Gasteiger partial charge is 0.314 e. The van der Waals surface area contributed by atoms with Crippen LogP contribution in [0.15, 0.2) is 48.7 Å². The van der Waals surface area contributed by atoms with Crippen molar-refractivity contribution in [1.29, 1.82) is 0 Å². The number of rotatable bonds is 5. The summed E-state index contributed by atoms with van der Waals surface area (Å²) in [6.45, 7) is 0.179. The van der Waals surface area contributed by atoms with Crippen molar-refractivity contribution in [2.45, 2.75) is 18.1 Å². The molecule has 0 radical (unpaired) electrons. The van der Waals surface area contributed by atoms with Crippen molar-refractivity contribution in [3.8, 4) is 11.4 Å². The van der Waals surface area contributed by atoms with E-state index in [1.165, 1.54) is 0 Å². The summed E-state index contributed by atoms with van der Waals surface area (Å²) in [6, 6.07) is 12.7. The van der Waals surface area contributed by atoms with Crippen molar-refractivity contribution in [3.05, 3.63) is 65.6 Å². The number of thioether (sulfide) groups is 1. The Balaban J connectivity index is 1.52. The molecule has 1 aliphatic heterocycles. The Morgan fingerprint density at radius 3 is 2.69 bits per heavy atom. The number of nitrogens with zero attached hydrogens (tertiary/aromatic N) is 3. The van der Waals surface area contributed by atoms with E-state index >= 15 is 0 Å². The molecule has 148 valence electrons. The molecule has 2 N–H and O–H groups in total. The van der Waals surface area contributed by atoms with Crippen LogP contribution in [0.3, 0.4) is 0 Å². The number of fused-ring (bicyclic) bond motifs is 1. The highest BCUT2D eigenvalue weighted by Crippen LogP contribution is 2.36. The van der Waals surface area contributed by atoms with Crippen molar-refractivity contribution in [1.82, 2.24) is 20.1 Å². The lowest BCUT2D eigenvalue weighted by Gasteiger charge is -2.11. The maximum atomic E-state index is 12.5. The Labute approximate surface area is 171 Å². The summed E-state index contributed by atoms with van der Waals surface area (Å²) < 4.78 is 6.86. The number of benzene rings is 1. The molecule has 0 atom stereocenters. The molecule has 9 heteroatoms. The first kappa shape index (κ1) is 19.0. The van der Waals surface area contributed by atoms with Crippen molar-refractivity contribution in [2.75, 3.05) is 12.4 Å². The average molecular weight is 409 g/mol. The van der Waals surface area contributed by atoms with Gasteiger partial charge < -0.3 is 15.4 Å². The van der Waals surface area contributed by atoms with E-state index in [-0.39, 0.29) is 6.54 Å². The normalized spacial score (nSPS) is 12.3. The second-order valence-electron chi connectivity index (χ2n) is 6.33. The molecule has 29 heavy (non-hydrogen) atoms. The van der Waals surface area contributed by atoms with E-state index in [0.29, 0.717) is 11.5 Å². The highest BCUT2D eigenvalue weighted by atomic mass is 32.2. The number of aromatic nitrogens is 3. The van der Waals surface area contributed by atoms with Gasteiger partial charge >= 0.3 is 11.8 Å². The van der Waals surface area contributed by atoms with Gasteiger partial charge in [0.2, 0.25) is 0 Å². The summed E-state index contributed by atoms with van der Waals surface area (Å²) in [5.74, 6) is 1.29. The number of carbonyl (C=O) groups excluding carboxylic acids is 2. The standard InChI is InChI=1S/C20H19N5O3S/c1-28-15-7-5-14(6-8-15)25-18(16-11-29-12-17(16)24-25)23-20(27)19(26)22-10-13-4-2-3-9-21-13/h2-9H,10-12H2,1H3,(H,22,26)(H,23,27). The third kappa shape index (κ3) is 4.09. The van der Waals surface area contributed by atoms with Crippen LogP contribution >= 0.6 is 11.8 Å². The third-order valence-corrected chi connectivity index (χ3v) is 5.43. The van der Waals surface area contributed by atoms with Gasteiger partial charge in [0.05, 0.1) is 30.7 Å². The second kappa shape index (κ2) is 8.36. The van der Waals surface area contributed by atoms with Crippen LogP contribution in [0.2, 0.25) is 0 Å². The molecule has 0 fully saturated rings. The van der Waals surface area contributed by atoms with Gasteiger partial charge in [0.1, 0.15) is 11.6 Å². The minimum atomic E-state index is -0.740. The fourth-order valence-electron chi connectivity index (χ4n) is 2.97. The Morgan fingerprint density at radius 1 is 1.14 bits per heavy atom. The quantitative estimate of drug-likeness (QED) is 0.628. The minimum Gasteiger partial charge on any atom is -0.497 e. The molecule has 0 saturated carbocycles. The molecule has 1 aromatic carbocycles. The highest BCUT2D eigenvalue weighted by molar-refractivity contribution is 7.98. The summed E-state index contributed by atoms with van der Waals surface area (Å²) in [6.07, 6.45) is 1.63. The molecule has 0 spiro atoms. The van der Waals surface area contributed by atoms with E-state index in [1.54, 1.807) is 41.9 Å². The van der Waals surface area contributed by atoms with Gasteiger partial charge in [-0.3, -0.25) is 14.6 Å². The van der Waals surface area contributed by atoms with Gasteiger partial charge in [-0.25, -0.2) is 4.68 Å². The largest absolute Gasteiger partial charge is 0.497 e. The molecule has 2 amide bonds. The molecule has 0 bridgehead atoms. The molecule has 1 aliphatic rings. The first-order valence-corrected chi connectivity index (χ1v) is 10.1. The van der Waals surface area contributed by atoms with Crippen molar-refractivity contribution in [2.24, 2.45) is 0 Å². The Bertz CT molecular complexity index is 1030. The van der Waals surface area contributed by atoms with Crippen LogP contribution in [-0.4, -0.2) is 33.7 Å². The molecule has 3 aromatic rings. The van der Waals surface area contributed by atoms with Gasteiger partial charge in [-0.15, -0.1) is 0 Å². The summed E-state index contributed by atoms with van der Waals surface area (Å²) in [5, 5.41) is 9.95. The van der Waals surface area contributed by atoms with Gasteiger partial charge in [0, 0.05) is 23.3 Å². The van der Waals surface area contributed by atoms with Gasteiger partial charge in [-0.2, -0.15) is 16.9 Å². The molecule has 0 unspecified atom stereocenters. The first-order valence-electron chi connectivity index (χ1n) is 8.97. The van der Waals surface area contributed by atoms with Gasteiger partial charge in [0.15, 0.2) is 0 Å². The molecule has 0 saturated heterocycles. The number of nitrogens with one attached hydrogen (secondary N) is 2. The lowest BCUT2D eigenvalue weighted by Crippen LogP contribution is -2.35. The van der Waals surface area contributed by atoms with Crippen molar-refractivity contribution < 1.29 is 14.3 Å². The number of hydrogen-bond donors (Lipinski definition) is 2. The van der Waals surface area contributed by atoms with Crippen LogP contribution in [0.5, 0.6) is 5.75 Å². The van der Waals surface area contributed by atoms with E-state index in [2.05, 4.69) is 20.7 Å². The zero-order valence-corrected chi connectivity index (χ0v) is 16.5. The van der Waals surface area contributed by atoms with Gasteiger partial charge in [-0.1, -0.05) is 6.07 Å². The maximum absolute atomic E-state index is 12.5. The maximum Gasteiger partial charge on any atom is 0.314 e. The zero-order chi connectivity index (χ0) is 20.2. The Morgan fingerprint density at radius 2 is 1.97 bits per heavy atom. The van der Waals surface area contributed by atoms with E-state index in [1.807, 2.05) is 30.3 Å². The van der Waals surface area contributed by atoms with Crippen LogP contribution in [0, 0.1) is 0 Å². The zero-order valence-electron chi connectivity index (χ0n) is 15.7. The van der Waals surface area contributed by atoms with Crippen LogP contribution in [0.25, 0.3) is 5.69 Å². The summed E-state index contributed by atoms with van der Waals surface area (Å²) in [4.78, 5) is 28.9. The summed E-state index contributed by atoms with van der Waals surface area (Å²) >= 11 is 1.72. The lowest BCUT2D eigenvalue weighted by atomic mass is 10.2. The first-order chi connectivity index (χ1) is 14.2. The van der Waals surface area contributed by atoms with E-state index in [0.717, 1.165) is 34.2 Å². The molecule has 8 nitrogen and oxygen atoms in total. The molecule has 4 rings (SSSR count). The lowest BCUT2D eigenvalue weighted by molar-refractivity contribution is -0.136. The predicted octanol–water partition coefficient (Wildman–Crippen LogP) is 2.28. The average Bonchev–Trinajstić information content (AvgIpc) is 3.35. The molecule has 3 heterocycles. The van der Waals surface area contributed by atoms with Crippen molar-refractivity contribution >= 4 is 29.4 Å². The van der Waals surface area contributed by atoms with Crippen LogP contribution in [0.4, 0.5) is 5.82 Å². The van der Waals surface area contributed by atoms with Crippen LogP contribution in [0.1, 0.15) is 17.0 Å². The molecule has 2 aromatic heterocycles. The predicted molar refractivity (Wildman–Crippen MR) is 110 cm³/mol. The second-order valence-corrected chi connectivity index (χ2v) is 7.32. The third-order valence-electron chi connectivity index (χ3n) is 4.46. The summed E-state index contributed by atoms with van der Waals surface area (Å²) in [7, 11) is 1.60. The molecular formula is C20H19N5O3S. The monoisotopic (exact) mass is 409 g/mol. The van der Waals surface area contributed by atoms with E-state index < -0.39 is 11.8 Å². The topological polar surface area (TPSA) is 98.1 Å². The van der Waals surface area contributed by atoms with Gasteiger partial charge in [0.25, 0.3) is 0 Å². The number of pyridine rings is 1. The number of methoxy groups -OCH3 is 1. The Hall–Kier alpha value is -3.33. The van der Waals surface area contributed by atoms with Gasteiger partial charge in [-0.05, 0) is 36.4 Å². The van der Waals surface area contributed by atoms with Crippen LogP contribution < -0.4 is 15.4 Å². The fourth-order valence-corrected chi connectivity index (χ4v) is 4.00. The summed E-state index contributed by atoms with van der Waals surface area (Å²) in [5.41, 5.74) is 3.30. The highest BCUT2D eigenvalue weighted by Gasteiger charge is 2.26. The number of carbonyl (C=O) groups is 2. The number of amides is 2. The number of hydrogen-bond acceptors (Lipinski definition) is 6. The SMILES string of the molecule is COc1ccc(-n2nc3c(c2NC(=O)C(=O)NCc2ccccn2)CSC3)cc1. The van der Waals surface area contributed by atoms with Crippen molar-refractivity contribution in [3.63, 3.8) is 0 Å². The Kier molecular flexibility index (Phi) is 5.48. The molecule has 0 aliphatic carbocycles. The number of anilines is 1. The van der Waals surface area contributed by atoms with E-state index in [9.17, 15) is 9.59 Å². The minimum absolute atomic E-state index is 0.179. The van der Waals surface area contributed by atoms with E-state index in [4.69, 9.17) is 4.74 Å². The number of ether oxygens (including phenoxy) is 1. The fraction of sp³-hybridized carbons (Fsp3) is 0.200.